The van der Waals surface area contributed by atoms with Crippen molar-refractivity contribution in [1.29, 1.82) is 0 Å². The van der Waals surface area contributed by atoms with Crippen LogP contribution in [0.15, 0.2) is 53.8 Å². The minimum Gasteiger partial charge on any atom is -0.313 e. The SMILES string of the molecule is O=c1nccc[nH]1.[Pb].c1ccncc1. The van der Waals surface area contributed by atoms with Crippen LogP contribution in [0.1, 0.15) is 0 Å². The maximum absolute atomic E-state index is 10.1. The fourth-order valence-corrected chi connectivity index (χ4v) is 0.623. The number of nitrogens with one attached hydrogen (secondary N) is 1. The summed E-state index contributed by atoms with van der Waals surface area (Å²) < 4.78 is 0. The van der Waals surface area contributed by atoms with Gasteiger partial charge in [-0.05, 0) is 18.2 Å². The molecule has 14 heavy (non-hydrogen) atoms. The van der Waals surface area contributed by atoms with Gasteiger partial charge in [0.1, 0.15) is 0 Å². The number of hydrogen-bond acceptors (Lipinski definition) is 3. The number of aromatic nitrogens is 3. The van der Waals surface area contributed by atoms with Crippen molar-refractivity contribution in [1.82, 2.24) is 15.0 Å². The number of H-pyrrole nitrogens is 1. The van der Waals surface area contributed by atoms with E-state index in [-0.39, 0.29) is 33.0 Å². The first kappa shape index (κ1) is 13.0. The Bertz CT molecular complexity index is 333. The Balaban J connectivity index is 0.000000227. The minimum atomic E-state index is -0.303. The Kier molecular flexibility index (Phi) is 7.91. The fourth-order valence-electron chi connectivity index (χ4n) is 0.623. The van der Waals surface area contributed by atoms with Gasteiger partial charge in [-0.1, -0.05) is 6.07 Å². The van der Waals surface area contributed by atoms with Gasteiger partial charge in [0.25, 0.3) is 0 Å². The second-order valence-corrected chi connectivity index (χ2v) is 2.11. The third-order valence-electron chi connectivity index (χ3n) is 1.15. The van der Waals surface area contributed by atoms with E-state index in [4.69, 9.17) is 0 Å². The number of rotatable bonds is 0. The molecule has 0 amide bonds. The van der Waals surface area contributed by atoms with Crippen molar-refractivity contribution in [3.8, 4) is 0 Å². The number of pyridine rings is 1. The van der Waals surface area contributed by atoms with Crippen molar-refractivity contribution in [3.05, 3.63) is 59.5 Å². The van der Waals surface area contributed by atoms with Gasteiger partial charge in [0, 0.05) is 52.1 Å². The zero-order valence-corrected chi connectivity index (χ0v) is 11.3. The molecule has 2 aromatic heterocycles. The summed E-state index contributed by atoms with van der Waals surface area (Å²) in [4.78, 5) is 19.6. The van der Waals surface area contributed by atoms with Crippen LogP contribution in [0.5, 0.6) is 0 Å². The van der Waals surface area contributed by atoms with Crippen molar-refractivity contribution in [2.45, 2.75) is 0 Å². The second kappa shape index (κ2) is 8.55. The molecule has 4 radical (unpaired) electrons. The van der Waals surface area contributed by atoms with Crippen LogP contribution in [0, 0.1) is 0 Å². The summed E-state index contributed by atoms with van der Waals surface area (Å²) in [6.07, 6.45) is 6.48. The Morgan fingerprint density at radius 2 is 1.71 bits per heavy atom. The van der Waals surface area contributed by atoms with Crippen LogP contribution in [0.25, 0.3) is 0 Å². The van der Waals surface area contributed by atoms with E-state index in [9.17, 15) is 4.79 Å². The molecule has 0 bridgehead atoms. The average Bonchev–Trinajstić information content (AvgIpc) is 2.22. The summed E-state index contributed by atoms with van der Waals surface area (Å²) in [6, 6.07) is 7.37. The van der Waals surface area contributed by atoms with Gasteiger partial charge in [-0.2, -0.15) is 0 Å². The number of nitrogens with zero attached hydrogens (tertiary/aromatic N) is 2. The summed E-state index contributed by atoms with van der Waals surface area (Å²) in [5.74, 6) is 0. The van der Waals surface area contributed by atoms with Gasteiger partial charge in [-0.25, -0.2) is 9.78 Å². The molecule has 1 N–H and O–H groups in total. The van der Waals surface area contributed by atoms with Gasteiger partial charge in [-0.15, -0.1) is 0 Å². The number of hydrogen-bond donors (Lipinski definition) is 1. The Labute approximate surface area is 102 Å². The summed E-state index contributed by atoms with van der Waals surface area (Å²) in [5, 5.41) is 0. The first-order chi connectivity index (χ1) is 6.39. The molecular weight excluding hydrogens is 373 g/mol. The van der Waals surface area contributed by atoms with E-state index in [1.165, 1.54) is 12.4 Å². The molecular formula is C9H9N3OPb. The van der Waals surface area contributed by atoms with Gasteiger partial charge >= 0.3 is 5.69 Å². The van der Waals surface area contributed by atoms with Gasteiger partial charge in [0.15, 0.2) is 0 Å². The van der Waals surface area contributed by atoms with E-state index in [0.717, 1.165) is 0 Å². The minimum absolute atomic E-state index is 0. The maximum atomic E-state index is 10.1. The average molecular weight is 382 g/mol. The predicted molar refractivity (Wildman–Crippen MR) is 54.8 cm³/mol. The predicted octanol–water partition coefficient (Wildman–Crippen LogP) is 0.471. The van der Waals surface area contributed by atoms with Crippen molar-refractivity contribution in [2.24, 2.45) is 0 Å². The number of aromatic amines is 1. The third kappa shape index (κ3) is 6.47. The molecule has 0 atom stereocenters. The molecule has 70 valence electrons. The van der Waals surface area contributed by atoms with Crippen LogP contribution in [0.2, 0.25) is 0 Å². The molecule has 0 saturated carbocycles. The van der Waals surface area contributed by atoms with Crippen LogP contribution < -0.4 is 5.69 Å². The van der Waals surface area contributed by atoms with Gasteiger partial charge in [-0.3, -0.25) is 4.98 Å². The van der Waals surface area contributed by atoms with Crippen LogP contribution in [-0.2, 0) is 0 Å². The molecule has 0 unspecified atom stereocenters. The molecule has 0 aliphatic rings. The van der Waals surface area contributed by atoms with E-state index in [1.54, 1.807) is 18.5 Å². The topological polar surface area (TPSA) is 58.6 Å². The molecule has 4 nitrogen and oxygen atoms in total. The second-order valence-electron chi connectivity index (χ2n) is 2.11. The largest absolute Gasteiger partial charge is 0.344 e. The van der Waals surface area contributed by atoms with Gasteiger partial charge in [0.05, 0.1) is 0 Å². The standard InChI is InChI=1S/C5H5N.C4H4N2O.Pb/c1-2-4-6-5-3-1;7-4-5-2-1-3-6-4;/h1-5H;1-3H,(H,5,6,7);. The first-order valence-electron chi connectivity index (χ1n) is 3.74. The summed E-state index contributed by atoms with van der Waals surface area (Å²) >= 11 is 0. The van der Waals surface area contributed by atoms with Crippen molar-refractivity contribution in [2.75, 3.05) is 0 Å². The Morgan fingerprint density at radius 1 is 1.00 bits per heavy atom. The summed E-state index contributed by atoms with van der Waals surface area (Å²) in [7, 11) is 0. The van der Waals surface area contributed by atoms with Crippen molar-refractivity contribution < 1.29 is 0 Å². The van der Waals surface area contributed by atoms with Crippen molar-refractivity contribution in [3.63, 3.8) is 0 Å². The molecule has 2 rings (SSSR count). The van der Waals surface area contributed by atoms with Gasteiger partial charge in [0.2, 0.25) is 0 Å². The molecule has 0 fully saturated rings. The van der Waals surface area contributed by atoms with E-state index in [1.807, 2.05) is 18.2 Å². The van der Waals surface area contributed by atoms with Crippen LogP contribution in [0.4, 0.5) is 0 Å². The van der Waals surface area contributed by atoms with E-state index >= 15 is 0 Å². The van der Waals surface area contributed by atoms with Crippen LogP contribution >= 0.6 is 0 Å². The summed E-state index contributed by atoms with van der Waals surface area (Å²) in [6.45, 7) is 0. The van der Waals surface area contributed by atoms with E-state index in [2.05, 4.69) is 15.0 Å². The van der Waals surface area contributed by atoms with E-state index < -0.39 is 0 Å². The third-order valence-corrected chi connectivity index (χ3v) is 1.15. The van der Waals surface area contributed by atoms with Crippen molar-refractivity contribution >= 4 is 27.3 Å². The maximum Gasteiger partial charge on any atom is 0.344 e. The molecule has 2 heterocycles. The molecule has 2 aromatic rings. The fraction of sp³-hybridized carbons (Fsp3) is 0. The Hall–Kier alpha value is -1.05. The molecule has 0 saturated heterocycles. The molecule has 0 aromatic carbocycles. The molecule has 0 aliphatic heterocycles. The quantitative estimate of drug-likeness (QED) is 0.674. The zero-order valence-electron chi connectivity index (χ0n) is 7.42. The first-order valence-corrected chi connectivity index (χ1v) is 3.74. The Morgan fingerprint density at radius 3 is 1.93 bits per heavy atom. The summed E-state index contributed by atoms with van der Waals surface area (Å²) in [5.41, 5.74) is -0.303. The van der Waals surface area contributed by atoms with Gasteiger partial charge < -0.3 is 4.98 Å². The van der Waals surface area contributed by atoms with Crippen LogP contribution in [-0.4, -0.2) is 42.3 Å². The van der Waals surface area contributed by atoms with Crippen LogP contribution in [0.3, 0.4) is 0 Å². The normalized spacial score (nSPS) is 7.71. The smallest absolute Gasteiger partial charge is 0.313 e. The monoisotopic (exact) mass is 383 g/mol. The van der Waals surface area contributed by atoms with E-state index in [0.29, 0.717) is 0 Å². The molecule has 0 spiro atoms. The molecule has 0 aliphatic carbocycles. The molecule has 5 heteroatoms. The zero-order chi connectivity index (χ0) is 9.36.